The average molecular weight is 449 g/mol. The van der Waals surface area contributed by atoms with Gasteiger partial charge >= 0.3 is 6.09 Å². The molecule has 176 valence electrons. The number of aliphatic hydroxyl groups excluding tert-OH is 1. The van der Waals surface area contributed by atoms with Crippen LogP contribution in [0.15, 0.2) is 29.1 Å². The second kappa shape index (κ2) is 10.4. The van der Waals surface area contributed by atoms with Gasteiger partial charge in [-0.05, 0) is 52.2 Å². The van der Waals surface area contributed by atoms with Crippen molar-refractivity contribution in [2.75, 3.05) is 20.4 Å². The number of hydrogen-bond acceptors (Lipinski definition) is 8. The lowest BCUT2D eigenvalue weighted by molar-refractivity contribution is -0.120. The molecular weight excluding hydrogens is 416 g/mol. The molecule has 10 nitrogen and oxygen atoms in total. The summed E-state index contributed by atoms with van der Waals surface area (Å²) in [6.07, 6.45) is -0.0848. The highest BCUT2D eigenvalue weighted by Gasteiger charge is 2.38. The summed E-state index contributed by atoms with van der Waals surface area (Å²) in [5, 5.41) is 19.3. The lowest BCUT2D eigenvalue weighted by Gasteiger charge is -2.42. The number of fused-ring (bicyclic) bond motifs is 1. The van der Waals surface area contributed by atoms with Crippen LogP contribution in [0.1, 0.15) is 40.0 Å². The van der Waals surface area contributed by atoms with Crippen molar-refractivity contribution in [1.29, 1.82) is 0 Å². The van der Waals surface area contributed by atoms with E-state index >= 15 is 0 Å². The number of rotatable bonds is 7. The third-order valence-electron chi connectivity index (χ3n) is 5.27. The normalized spacial score (nSPS) is 20.3. The van der Waals surface area contributed by atoms with Crippen LogP contribution in [0.4, 0.5) is 4.79 Å². The van der Waals surface area contributed by atoms with Crippen LogP contribution in [0.25, 0.3) is 10.9 Å². The zero-order valence-corrected chi connectivity index (χ0v) is 19.1. The lowest BCUT2D eigenvalue weighted by Crippen LogP contribution is -2.54. The van der Waals surface area contributed by atoms with Crippen molar-refractivity contribution in [1.82, 2.24) is 19.9 Å². The van der Waals surface area contributed by atoms with Crippen molar-refractivity contribution in [3.05, 3.63) is 34.6 Å². The number of likely N-dealkylation sites (tertiary alicyclic amines) is 1. The van der Waals surface area contributed by atoms with Gasteiger partial charge in [0.15, 0.2) is 0 Å². The molecule has 1 aliphatic heterocycles. The number of aliphatic hydroxyl groups is 1. The zero-order chi connectivity index (χ0) is 23.3. The van der Waals surface area contributed by atoms with Crippen LogP contribution in [0.5, 0.6) is 0 Å². The Balaban J connectivity index is 1.78. The zero-order valence-electron chi connectivity index (χ0n) is 19.1. The molecule has 0 bridgehead atoms. The number of amides is 1. The van der Waals surface area contributed by atoms with E-state index in [1.165, 1.54) is 7.11 Å². The van der Waals surface area contributed by atoms with Crippen LogP contribution in [-0.4, -0.2) is 75.4 Å². The van der Waals surface area contributed by atoms with Gasteiger partial charge in [0.1, 0.15) is 17.9 Å². The molecule has 2 heterocycles. The van der Waals surface area contributed by atoms with Crippen LogP contribution >= 0.6 is 0 Å². The highest BCUT2D eigenvalue weighted by molar-refractivity contribution is 5.76. The molecule has 1 aromatic carbocycles. The number of nitrogens with zero attached hydrogens (tertiary/aromatic N) is 4. The van der Waals surface area contributed by atoms with Crippen LogP contribution in [0.3, 0.4) is 0 Å². The van der Waals surface area contributed by atoms with E-state index in [4.69, 9.17) is 14.2 Å². The summed E-state index contributed by atoms with van der Waals surface area (Å²) in [7, 11) is 1.53. The second-order valence-corrected chi connectivity index (χ2v) is 8.98. The largest absolute Gasteiger partial charge is 0.444 e. The minimum absolute atomic E-state index is 0.0493. The molecule has 3 atom stereocenters. The van der Waals surface area contributed by atoms with Gasteiger partial charge in [-0.1, -0.05) is 17.3 Å². The molecule has 32 heavy (non-hydrogen) atoms. The quantitative estimate of drug-likeness (QED) is 0.639. The van der Waals surface area contributed by atoms with Gasteiger partial charge < -0.3 is 24.2 Å². The maximum absolute atomic E-state index is 12.8. The molecular formula is C22H32N4O6. The third-order valence-corrected chi connectivity index (χ3v) is 5.27. The van der Waals surface area contributed by atoms with Crippen molar-refractivity contribution in [2.45, 2.75) is 70.4 Å². The summed E-state index contributed by atoms with van der Waals surface area (Å²) in [6, 6.07) is 6.49. The van der Waals surface area contributed by atoms with Gasteiger partial charge in [-0.3, -0.25) is 4.79 Å². The van der Waals surface area contributed by atoms with Crippen molar-refractivity contribution in [3.63, 3.8) is 0 Å². The summed E-state index contributed by atoms with van der Waals surface area (Å²) in [6.45, 7) is 5.95. The number of benzene rings is 1. The number of carbonyl (C=O) groups excluding carboxylic acids is 1. The lowest BCUT2D eigenvalue weighted by atomic mass is 9.94. The Kier molecular flexibility index (Phi) is 7.81. The van der Waals surface area contributed by atoms with Crippen molar-refractivity contribution in [3.8, 4) is 0 Å². The van der Waals surface area contributed by atoms with E-state index in [1.54, 1.807) is 29.2 Å². The van der Waals surface area contributed by atoms with Crippen LogP contribution in [0.2, 0.25) is 0 Å². The van der Waals surface area contributed by atoms with Crippen molar-refractivity contribution >= 4 is 17.0 Å². The van der Waals surface area contributed by atoms with Gasteiger partial charge in [-0.2, -0.15) is 0 Å². The minimum Gasteiger partial charge on any atom is -0.444 e. The van der Waals surface area contributed by atoms with Gasteiger partial charge in [-0.15, -0.1) is 5.10 Å². The number of methoxy groups -OCH3 is 1. The average Bonchev–Trinajstić information content (AvgIpc) is 2.74. The Bertz CT molecular complexity index is 973. The van der Waals surface area contributed by atoms with E-state index in [9.17, 15) is 14.7 Å². The predicted molar refractivity (Wildman–Crippen MR) is 117 cm³/mol. The Morgan fingerprint density at radius 3 is 2.78 bits per heavy atom. The molecule has 1 saturated heterocycles. The third kappa shape index (κ3) is 6.02. The minimum atomic E-state index is -0.954. The summed E-state index contributed by atoms with van der Waals surface area (Å²) < 4.78 is 17.6. The highest BCUT2D eigenvalue weighted by atomic mass is 16.7. The molecule has 1 aromatic heterocycles. The molecule has 0 saturated carbocycles. The molecule has 3 rings (SSSR count). The van der Waals surface area contributed by atoms with Gasteiger partial charge in [-0.25, -0.2) is 9.48 Å². The fourth-order valence-electron chi connectivity index (χ4n) is 3.89. The summed E-state index contributed by atoms with van der Waals surface area (Å²) in [4.78, 5) is 27.2. The Morgan fingerprint density at radius 1 is 1.31 bits per heavy atom. The van der Waals surface area contributed by atoms with Crippen LogP contribution in [0, 0.1) is 0 Å². The first-order valence-electron chi connectivity index (χ1n) is 10.8. The Hall–Kier alpha value is -2.56. The predicted octanol–water partition coefficient (Wildman–Crippen LogP) is 1.93. The Labute approximate surface area is 187 Å². The molecule has 1 unspecified atom stereocenters. The fourth-order valence-corrected chi connectivity index (χ4v) is 3.89. The topological polar surface area (TPSA) is 116 Å². The van der Waals surface area contributed by atoms with Crippen LogP contribution in [-0.2, 0) is 20.8 Å². The smallest absolute Gasteiger partial charge is 0.410 e. The SMILES string of the molecule is COCO[C@H]1CCCN(C(=O)OC(C)(C)C)[C@H]1CC(O)Cn1nnc2ccccc2c1=O. The first-order chi connectivity index (χ1) is 15.2. The van der Waals surface area contributed by atoms with E-state index in [-0.39, 0.29) is 31.4 Å². The number of aromatic nitrogens is 3. The molecule has 2 aromatic rings. The van der Waals surface area contributed by atoms with E-state index in [0.29, 0.717) is 17.4 Å². The van der Waals surface area contributed by atoms with E-state index < -0.39 is 23.8 Å². The number of piperidine rings is 1. The van der Waals surface area contributed by atoms with E-state index in [2.05, 4.69) is 10.3 Å². The Morgan fingerprint density at radius 2 is 2.06 bits per heavy atom. The van der Waals surface area contributed by atoms with Gasteiger partial charge in [0.05, 0.1) is 30.2 Å². The molecule has 0 aliphatic carbocycles. The van der Waals surface area contributed by atoms with E-state index in [1.807, 2.05) is 20.8 Å². The van der Waals surface area contributed by atoms with E-state index in [0.717, 1.165) is 17.5 Å². The maximum atomic E-state index is 12.8. The van der Waals surface area contributed by atoms with Crippen molar-refractivity contribution < 1.29 is 24.1 Å². The number of carbonyl (C=O) groups is 1. The summed E-state index contributed by atoms with van der Waals surface area (Å²) >= 11 is 0. The van der Waals surface area contributed by atoms with Gasteiger partial charge in [0.25, 0.3) is 5.56 Å². The molecule has 1 fully saturated rings. The van der Waals surface area contributed by atoms with Crippen LogP contribution < -0.4 is 5.56 Å². The fraction of sp³-hybridized carbons (Fsp3) is 0.636. The summed E-state index contributed by atoms with van der Waals surface area (Å²) in [5.41, 5.74) is -0.469. The van der Waals surface area contributed by atoms with Crippen molar-refractivity contribution in [2.24, 2.45) is 0 Å². The first-order valence-corrected chi connectivity index (χ1v) is 10.8. The molecule has 0 spiro atoms. The second-order valence-electron chi connectivity index (χ2n) is 8.98. The van der Waals surface area contributed by atoms with Gasteiger partial charge in [0.2, 0.25) is 0 Å². The molecule has 10 heteroatoms. The standard InChI is InChI=1S/C22H32N4O6/c1-22(2,3)32-21(29)25-11-7-10-19(31-14-30-4)18(25)12-15(27)13-26-20(28)16-8-5-6-9-17(16)23-24-26/h5-6,8-9,15,18-19,27H,7,10-14H2,1-4H3/t15?,18-,19-/m0/s1. The maximum Gasteiger partial charge on any atom is 0.410 e. The monoisotopic (exact) mass is 448 g/mol. The number of hydrogen-bond donors (Lipinski definition) is 1. The molecule has 1 aliphatic rings. The highest BCUT2D eigenvalue weighted by Crippen LogP contribution is 2.26. The number of ether oxygens (including phenoxy) is 3. The van der Waals surface area contributed by atoms with Gasteiger partial charge in [0, 0.05) is 13.7 Å². The first kappa shape index (κ1) is 24.1. The summed E-state index contributed by atoms with van der Waals surface area (Å²) in [5.74, 6) is 0. The molecule has 0 radical (unpaired) electrons. The molecule has 1 amide bonds. The molecule has 1 N–H and O–H groups in total.